The second kappa shape index (κ2) is 4.82. The molecule has 0 aliphatic heterocycles. The molecule has 0 saturated heterocycles. The number of benzene rings is 1. The fraction of sp³-hybridized carbons (Fsp3) is 0. The molecule has 54 valence electrons. The molecule has 0 atom stereocenters. The molecule has 0 bridgehead atoms. The Kier molecular flexibility index (Phi) is 3.58. The second-order valence-corrected chi connectivity index (χ2v) is 1.77. The Morgan fingerprint density at radius 1 is 1.18 bits per heavy atom. The van der Waals surface area contributed by atoms with E-state index in [-0.39, 0.29) is 0 Å². The maximum Gasteiger partial charge on any atom is 0.557 e. The highest BCUT2D eigenvalue weighted by molar-refractivity contribution is 6.34. The van der Waals surface area contributed by atoms with E-state index in [9.17, 15) is 0 Å². The fourth-order valence-electron chi connectivity index (χ4n) is 0.607. The Balaban J connectivity index is 2.28. The summed E-state index contributed by atoms with van der Waals surface area (Å²) in [6.07, 6.45) is 0. The van der Waals surface area contributed by atoms with E-state index in [0.717, 1.165) is 7.69 Å². The zero-order valence-electron chi connectivity index (χ0n) is 5.81. The fourth-order valence-corrected chi connectivity index (χ4v) is 0.607. The van der Waals surface area contributed by atoms with Crippen LogP contribution in [0, 0.1) is 0 Å². The van der Waals surface area contributed by atoms with E-state index in [1.54, 1.807) is 12.1 Å². The summed E-state index contributed by atoms with van der Waals surface area (Å²) in [7, 11) is 1.58. The van der Waals surface area contributed by atoms with Crippen LogP contribution in [0.15, 0.2) is 30.3 Å². The summed E-state index contributed by atoms with van der Waals surface area (Å²) >= 11 is 0. The van der Waals surface area contributed by atoms with Crippen LogP contribution in [0.4, 0.5) is 0 Å². The van der Waals surface area contributed by atoms with Crippen LogP contribution in [-0.2, 0) is 4.57 Å². The maximum atomic E-state index is 8.09. The number of para-hydroxylation sites is 1. The van der Waals surface area contributed by atoms with Crippen molar-refractivity contribution < 1.29 is 14.3 Å². The molecule has 0 aromatic heterocycles. The van der Waals surface area contributed by atoms with Crippen LogP contribution in [0.2, 0.25) is 0 Å². The lowest BCUT2D eigenvalue weighted by Gasteiger charge is -2.01. The molecule has 0 fully saturated rings. The van der Waals surface area contributed by atoms with Crippen molar-refractivity contribution in [3.63, 3.8) is 0 Å². The van der Waals surface area contributed by atoms with Crippen LogP contribution >= 0.6 is 0 Å². The molecule has 1 aromatic rings. The van der Waals surface area contributed by atoms with Gasteiger partial charge in [-0.1, -0.05) is 18.2 Å². The minimum absolute atomic E-state index is 0.545. The molecule has 11 heavy (non-hydrogen) atoms. The highest BCUT2D eigenvalue weighted by Crippen LogP contribution is 2.06. The number of rotatable bonds is 4. The molecule has 0 unspecified atom stereocenters. The third-order valence-electron chi connectivity index (χ3n) is 1.04. The largest absolute Gasteiger partial charge is 0.557 e. The van der Waals surface area contributed by atoms with E-state index in [0.29, 0.717) is 13.4 Å². The van der Waals surface area contributed by atoms with Crippen molar-refractivity contribution in [1.82, 2.24) is 0 Å². The smallest absolute Gasteiger partial charge is 0.538 e. The molecule has 2 radical (unpaired) electrons. The van der Waals surface area contributed by atoms with Gasteiger partial charge in [0, 0.05) is 0 Å². The molecule has 1 N–H and O–H groups in total. The molecule has 0 aliphatic rings. The van der Waals surface area contributed by atoms with E-state index in [1.165, 1.54) is 0 Å². The van der Waals surface area contributed by atoms with Crippen LogP contribution in [0.1, 0.15) is 0 Å². The monoisotopic (exact) mass is 148 g/mol. The third-order valence-corrected chi connectivity index (χ3v) is 1.04. The first kappa shape index (κ1) is 8.17. The van der Waals surface area contributed by atoms with Crippen LogP contribution in [0.5, 0.6) is 5.75 Å². The van der Waals surface area contributed by atoms with Crippen molar-refractivity contribution in [2.24, 2.45) is 0 Å². The topological polar surface area (TPSA) is 38.7 Å². The lowest BCUT2D eigenvalue weighted by atomic mass is 10.2. The number of hydrogen-bond acceptors (Lipinski definition) is 3. The van der Waals surface area contributed by atoms with E-state index in [2.05, 4.69) is 4.57 Å². The van der Waals surface area contributed by atoms with Crippen LogP contribution in [0.3, 0.4) is 0 Å². The highest BCUT2D eigenvalue weighted by atomic mass is 16.6. The summed E-state index contributed by atoms with van der Waals surface area (Å²) in [5.74, 6) is 0.661. The van der Waals surface area contributed by atoms with Crippen molar-refractivity contribution in [1.29, 1.82) is 0 Å². The van der Waals surface area contributed by atoms with Crippen molar-refractivity contribution in [2.75, 3.05) is 0 Å². The Morgan fingerprint density at radius 2 is 1.91 bits per heavy atom. The quantitative estimate of drug-likeness (QED) is 0.487. The molecule has 1 rings (SSSR count). The molecule has 5 heteroatoms. The SMILES string of the molecule is O[B]O[B]Oc1ccccc1. The summed E-state index contributed by atoms with van der Waals surface area (Å²) in [6, 6.07) is 9.11. The van der Waals surface area contributed by atoms with Crippen LogP contribution in [-0.4, -0.2) is 20.4 Å². The first-order valence-electron chi connectivity index (χ1n) is 3.08. The molecular formula is C6H6B2O3. The summed E-state index contributed by atoms with van der Waals surface area (Å²) in [5.41, 5.74) is 0. The molecule has 3 nitrogen and oxygen atoms in total. The van der Waals surface area contributed by atoms with Crippen LogP contribution < -0.4 is 4.65 Å². The first-order valence-corrected chi connectivity index (χ1v) is 3.08. The van der Waals surface area contributed by atoms with Gasteiger partial charge in [0.05, 0.1) is 5.75 Å². The highest BCUT2D eigenvalue weighted by Gasteiger charge is 1.95. The lowest BCUT2D eigenvalue weighted by Crippen LogP contribution is -2.10. The maximum absolute atomic E-state index is 8.09. The van der Waals surface area contributed by atoms with Gasteiger partial charge in [0.15, 0.2) is 0 Å². The van der Waals surface area contributed by atoms with E-state index in [1.807, 2.05) is 18.2 Å². The predicted molar refractivity (Wildman–Crippen MR) is 41.9 cm³/mol. The zero-order valence-corrected chi connectivity index (χ0v) is 5.81. The average Bonchev–Trinajstić information content (AvgIpc) is 2.07. The van der Waals surface area contributed by atoms with Crippen molar-refractivity contribution >= 4 is 15.4 Å². The molecule has 0 amide bonds. The number of hydrogen-bond donors (Lipinski definition) is 1. The lowest BCUT2D eigenvalue weighted by molar-refractivity contribution is 0.413. The van der Waals surface area contributed by atoms with Gasteiger partial charge in [0.25, 0.3) is 0 Å². The minimum Gasteiger partial charge on any atom is -0.538 e. The van der Waals surface area contributed by atoms with Gasteiger partial charge in [-0.25, -0.2) is 0 Å². The zero-order chi connectivity index (χ0) is 7.94. The molecule has 0 spiro atoms. The van der Waals surface area contributed by atoms with E-state index in [4.69, 9.17) is 9.68 Å². The summed E-state index contributed by atoms with van der Waals surface area (Å²) in [4.78, 5) is 0. The Labute approximate surface area is 66.6 Å². The molecule has 0 heterocycles. The van der Waals surface area contributed by atoms with Gasteiger partial charge in [-0.05, 0) is 12.1 Å². The van der Waals surface area contributed by atoms with E-state index >= 15 is 0 Å². The normalized spacial score (nSPS) is 8.82. The van der Waals surface area contributed by atoms with Gasteiger partial charge in [0.2, 0.25) is 0 Å². The molecule has 1 aromatic carbocycles. The molecule has 0 saturated carbocycles. The summed E-state index contributed by atoms with van der Waals surface area (Å²) in [5, 5.41) is 8.09. The standard InChI is InChI=1S/C6H6B2O3/c9-7-11-8-10-6-4-2-1-3-5-6/h1-5,9H. The first-order chi connectivity index (χ1) is 5.43. The van der Waals surface area contributed by atoms with Gasteiger partial charge in [-0.15, -0.1) is 0 Å². The Hall–Kier alpha value is -0.930. The second-order valence-electron chi connectivity index (χ2n) is 1.77. The van der Waals surface area contributed by atoms with Gasteiger partial charge < -0.3 is 14.3 Å². The van der Waals surface area contributed by atoms with Crippen molar-refractivity contribution in [2.45, 2.75) is 0 Å². The molecule has 0 aliphatic carbocycles. The van der Waals surface area contributed by atoms with Gasteiger partial charge in [-0.3, -0.25) is 0 Å². The van der Waals surface area contributed by atoms with Crippen molar-refractivity contribution in [3.8, 4) is 5.75 Å². The summed E-state index contributed by atoms with van der Waals surface area (Å²) in [6.45, 7) is 0. The van der Waals surface area contributed by atoms with Crippen molar-refractivity contribution in [3.05, 3.63) is 30.3 Å². The van der Waals surface area contributed by atoms with Gasteiger partial charge >= 0.3 is 15.4 Å². The summed E-state index contributed by atoms with van der Waals surface area (Å²) < 4.78 is 9.23. The molecular weight excluding hydrogens is 142 g/mol. The third kappa shape index (κ3) is 3.11. The van der Waals surface area contributed by atoms with Gasteiger partial charge in [0.1, 0.15) is 0 Å². The Morgan fingerprint density at radius 3 is 2.55 bits per heavy atom. The average molecular weight is 148 g/mol. The van der Waals surface area contributed by atoms with E-state index < -0.39 is 0 Å². The Bertz CT molecular complexity index is 192. The van der Waals surface area contributed by atoms with Gasteiger partial charge in [-0.2, -0.15) is 0 Å². The minimum atomic E-state index is 0.545. The predicted octanol–water partition coefficient (Wildman–Crippen LogP) is 0.143. The van der Waals surface area contributed by atoms with Crippen LogP contribution in [0.25, 0.3) is 0 Å².